The summed E-state index contributed by atoms with van der Waals surface area (Å²) in [5.74, 6) is 2.29. The summed E-state index contributed by atoms with van der Waals surface area (Å²) < 4.78 is 9.29. The Kier molecular flexibility index (Phi) is 5.47. The van der Waals surface area contributed by atoms with Gasteiger partial charge in [-0.15, -0.1) is 0 Å². The summed E-state index contributed by atoms with van der Waals surface area (Å²) in [5.41, 5.74) is 1.77. The van der Waals surface area contributed by atoms with Crippen LogP contribution in [0.3, 0.4) is 0 Å². The number of aromatic nitrogens is 4. The van der Waals surface area contributed by atoms with Crippen LogP contribution in [0.4, 0.5) is 17.3 Å². The van der Waals surface area contributed by atoms with Gasteiger partial charge < -0.3 is 20.1 Å². The molecule has 9 nitrogen and oxygen atoms in total. The van der Waals surface area contributed by atoms with Crippen LogP contribution in [-0.4, -0.2) is 46.9 Å². The first-order chi connectivity index (χ1) is 12.7. The highest BCUT2D eigenvalue weighted by Gasteiger charge is 2.21. The van der Waals surface area contributed by atoms with E-state index < -0.39 is 0 Å². The summed E-state index contributed by atoms with van der Waals surface area (Å²) in [6.07, 6.45) is 5.74. The topological polar surface area (TPSA) is 114 Å². The summed E-state index contributed by atoms with van der Waals surface area (Å²) in [4.78, 5) is 17.5. The van der Waals surface area contributed by atoms with Gasteiger partial charge in [0.25, 0.3) is 6.47 Å². The van der Waals surface area contributed by atoms with E-state index in [4.69, 9.17) is 9.53 Å². The second-order valence-electron chi connectivity index (χ2n) is 5.67. The fraction of sp³-hybridized carbons (Fsp3) is 0.294. The molecule has 0 saturated heterocycles. The Hall–Kier alpha value is -3.36. The largest absolute Gasteiger partial charge is 0.494 e. The lowest BCUT2D eigenvalue weighted by molar-refractivity contribution is -0.126. The van der Waals surface area contributed by atoms with Gasteiger partial charge in [0.1, 0.15) is 23.7 Å². The third-order valence-electron chi connectivity index (χ3n) is 3.72. The Morgan fingerprint density at radius 2 is 1.96 bits per heavy atom. The molecule has 1 aliphatic carbocycles. The maximum Gasteiger partial charge on any atom is 0.292 e. The lowest BCUT2D eigenvalue weighted by Crippen LogP contribution is -2.04. The molecule has 0 unspecified atom stereocenters. The zero-order valence-corrected chi connectivity index (χ0v) is 14.5. The normalized spacial score (nSPS) is 12.7. The molecule has 2 aromatic heterocycles. The van der Waals surface area contributed by atoms with E-state index in [1.165, 1.54) is 20.0 Å². The molecular formula is C17H20N6O3. The summed E-state index contributed by atoms with van der Waals surface area (Å²) in [5, 5.41) is 14.6. The van der Waals surface area contributed by atoms with Crippen molar-refractivity contribution in [3.05, 3.63) is 30.7 Å². The minimum absolute atomic E-state index is 0.375. The van der Waals surface area contributed by atoms with Gasteiger partial charge in [-0.1, -0.05) is 0 Å². The number of hydrogen-bond donors (Lipinski definition) is 3. The number of nitrogens with one attached hydrogen (secondary N) is 3. The van der Waals surface area contributed by atoms with Crippen LogP contribution >= 0.6 is 0 Å². The van der Waals surface area contributed by atoms with Crippen molar-refractivity contribution in [2.45, 2.75) is 18.9 Å². The van der Waals surface area contributed by atoms with Crippen molar-refractivity contribution in [3.8, 4) is 5.75 Å². The fourth-order valence-electron chi connectivity index (χ4n) is 2.32. The van der Waals surface area contributed by atoms with E-state index in [2.05, 4.69) is 35.5 Å². The number of nitrogens with zero attached hydrogens (tertiary/aromatic N) is 3. The average Bonchev–Trinajstić information content (AvgIpc) is 3.36. The Bertz CT molecular complexity index is 878. The summed E-state index contributed by atoms with van der Waals surface area (Å²) >= 11 is 0. The van der Waals surface area contributed by atoms with Crippen LogP contribution in [0.25, 0.3) is 10.9 Å². The molecule has 1 saturated carbocycles. The molecule has 1 fully saturated rings. The second kappa shape index (κ2) is 8.15. The number of rotatable bonds is 6. The van der Waals surface area contributed by atoms with Gasteiger partial charge in [-0.3, -0.25) is 9.89 Å². The van der Waals surface area contributed by atoms with Crippen LogP contribution in [0, 0.1) is 0 Å². The van der Waals surface area contributed by atoms with Crippen molar-refractivity contribution >= 4 is 34.7 Å². The Balaban J connectivity index is 0.000000447. The van der Waals surface area contributed by atoms with Gasteiger partial charge in [0, 0.05) is 23.6 Å². The van der Waals surface area contributed by atoms with Crippen LogP contribution in [0.2, 0.25) is 0 Å². The van der Waals surface area contributed by atoms with Crippen molar-refractivity contribution < 1.29 is 14.3 Å². The van der Waals surface area contributed by atoms with Gasteiger partial charge in [0.05, 0.1) is 31.6 Å². The lowest BCUT2D eigenvalue weighted by Gasteiger charge is -2.11. The van der Waals surface area contributed by atoms with Gasteiger partial charge in [0.2, 0.25) is 0 Å². The number of aromatic amines is 1. The zero-order chi connectivity index (χ0) is 18.4. The SMILES string of the molecule is COC=O.COc1cc2[nH]ncc2cc1Nc1cc(NC2CC2)ncn1. The molecule has 3 N–H and O–H groups in total. The van der Waals surface area contributed by atoms with Gasteiger partial charge in [0.15, 0.2) is 0 Å². The summed E-state index contributed by atoms with van der Waals surface area (Å²) in [6.45, 7) is 0.375. The van der Waals surface area contributed by atoms with E-state index in [0.717, 1.165) is 34.0 Å². The first-order valence-corrected chi connectivity index (χ1v) is 8.06. The first kappa shape index (κ1) is 17.5. The van der Waals surface area contributed by atoms with Crippen molar-refractivity contribution in [1.29, 1.82) is 0 Å². The Labute approximate surface area is 150 Å². The highest BCUT2D eigenvalue weighted by molar-refractivity contribution is 5.86. The highest BCUT2D eigenvalue weighted by Crippen LogP contribution is 2.32. The molecule has 1 aromatic carbocycles. The number of anilines is 3. The number of H-pyrrole nitrogens is 1. The molecule has 0 amide bonds. The Morgan fingerprint density at radius 1 is 1.19 bits per heavy atom. The molecule has 0 atom stereocenters. The lowest BCUT2D eigenvalue weighted by atomic mass is 10.2. The van der Waals surface area contributed by atoms with Crippen molar-refractivity contribution in [2.75, 3.05) is 24.9 Å². The van der Waals surface area contributed by atoms with Crippen molar-refractivity contribution in [2.24, 2.45) is 0 Å². The van der Waals surface area contributed by atoms with E-state index in [1.54, 1.807) is 19.6 Å². The third kappa shape index (κ3) is 4.38. The molecule has 4 rings (SSSR count). The van der Waals surface area contributed by atoms with E-state index in [-0.39, 0.29) is 0 Å². The molecule has 136 valence electrons. The molecule has 1 aliphatic rings. The molecule has 3 aromatic rings. The predicted molar refractivity (Wildman–Crippen MR) is 97.7 cm³/mol. The van der Waals surface area contributed by atoms with Gasteiger partial charge in [-0.2, -0.15) is 5.10 Å². The molecule has 0 bridgehead atoms. The number of methoxy groups -OCH3 is 2. The minimum atomic E-state index is 0.375. The van der Waals surface area contributed by atoms with E-state index >= 15 is 0 Å². The van der Waals surface area contributed by atoms with Crippen LogP contribution in [0.15, 0.2) is 30.7 Å². The Morgan fingerprint density at radius 3 is 2.65 bits per heavy atom. The summed E-state index contributed by atoms with van der Waals surface area (Å²) in [6, 6.07) is 6.35. The van der Waals surface area contributed by atoms with Crippen LogP contribution in [0.5, 0.6) is 5.75 Å². The summed E-state index contributed by atoms with van der Waals surface area (Å²) in [7, 11) is 2.95. The predicted octanol–water partition coefficient (Wildman–Crippen LogP) is 2.47. The second-order valence-corrected chi connectivity index (χ2v) is 5.67. The maximum absolute atomic E-state index is 8.95. The molecule has 9 heteroatoms. The molecular weight excluding hydrogens is 336 g/mol. The number of ether oxygens (including phenoxy) is 2. The van der Waals surface area contributed by atoms with Crippen molar-refractivity contribution in [1.82, 2.24) is 20.2 Å². The van der Waals surface area contributed by atoms with Crippen LogP contribution in [-0.2, 0) is 9.53 Å². The smallest absolute Gasteiger partial charge is 0.292 e. The van der Waals surface area contributed by atoms with Gasteiger partial charge in [-0.25, -0.2) is 9.97 Å². The monoisotopic (exact) mass is 356 g/mol. The van der Waals surface area contributed by atoms with Gasteiger partial charge in [-0.05, 0) is 18.9 Å². The number of carbonyl (C=O) groups is 1. The van der Waals surface area contributed by atoms with Crippen LogP contribution in [0.1, 0.15) is 12.8 Å². The highest BCUT2D eigenvalue weighted by atomic mass is 16.5. The zero-order valence-electron chi connectivity index (χ0n) is 14.5. The average molecular weight is 356 g/mol. The fourth-order valence-corrected chi connectivity index (χ4v) is 2.32. The third-order valence-corrected chi connectivity index (χ3v) is 3.72. The maximum atomic E-state index is 8.95. The number of carbonyl (C=O) groups excluding carboxylic acids is 1. The number of benzene rings is 1. The van der Waals surface area contributed by atoms with Crippen LogP contribution < -0.4 is 15.4 Å². The standard InChI is InChI=1S/C15H16N6O.C2H4O2/c1-22-13-5-11-9(7-18-21-11)4-12(13)20-15-6-14(16-8-17-15)19-10-2-3-10;1-4-2-3/h4-8,10H,2-3H2,1H3,(H,18,21)(H2,16,17,19,20);2H,1H3. The van der Waals surface area contributed by atoms with E-state index in [9.17, 15) is 0 Å². The van der Waals surface area contributed by atoms with Gasteiger partial charge >= 0.3 is 0 Å². The molecule has 0 aliphatic heterocycles. The minimum Gasteiger partial charge on any atom is -0.494 e. The quantitative estimate of drug-likeness (QED) is 0.577. The molecule has 0 spiro atoms. The molecule has 2 heterocycles. The number of fused-ring (bicyclic) bond motifs is 1. The molecule has 0 radical (unpaired) electrons. The van der Waals surface area contributed by atoms with E-state index in [0.29, 0.717) is 12.5 Å². The van der Waals surface area contributed by atoms with E-state index in [1.807, 2.05) is 18.2 Å². The number of hydrogen-bond acceptors (Lipinski definition) is 8. The molecule has 26 heavy (non-hydrogen) atoms. The van der Waals surface area contributed by atoms with Crippen molar-refractivity contribution in [3.63, 3.8) is 0 Å². The first-order valence-electron chi connectivity index (χ1n) is 8.06.